The van der Waals surface area contributed by atoms with Crippen LogP contribution in [0.5, 0.6) is 0 Å². The molecule has 2 fully saturated rings. The molecule has 0 aromatic carbocycles. The Hall–Kier alpha value is -0.0800. The van der Waals surface area contributed by atoms with Gasteiger partial charge in [0.25, 0.3) is 0 Å². The largest absolute Gasteiger partial charge is 0.314 e. The lowest BCUT2D eigenvalue weighted by Gasteiger charge is -2.25. The van der Waals surface area contributed by atoms with Crippen molar-refractivity contribution in [2.24, 2.45) is 11.8 Å². The van der Waals surface area contributed by atoms with Crippen LogP contribution >= 0.6 is 0 Å². The van der Waals surface area contributed by atoms with Crippen molar-refractivity contribution in [2.45, 2.75) is 84.1 Å². The lowest BCUT2D eigenvalue weighted by atomic mass is 9.96. The minimum Gasteiger partial charge on any atom is -0.314 e. The Morgan fingerprint density at radius 1 is 0.905 bits per heavy atom. The van der Waals surface area contributed by atoms with Gasteiger partial charge in [-0.2, -0.15) is 0 Å². The molecule has 2 heteroatoms. The molecule has 124 valence electrons. The van der Waals surface area contributed by atoms with Crippen LogP contribution in [-0.2, 0) is 0 Å². The first-order valence-electron chi connectivity index (χ1n) is 9.79. The first-order valence-corrected chi connectivity index (χ1v) is 9.79. The van der Waals surface area contributed by atoms with E-state index in [9.17, 15) is 0 Å². The summed E-state index contributed by atoms with van der Waals surface area (Å²) in [6.45, 7) is 9.91. The molecule has 3 unspecified atom stereocenters. The Labute approximate surface area is 133 Å². The second-order valence-corrected chi connectivity index (χ2v) is 7.47. The fourth-order valence-electron chi connectivity index (χ4n) is 4.47. The van der Waals surface area contributed by atoms with E-state index < -0.39 is 0 Å². The summed E-state index contributed by atoms with van der Waals surface area (Å²) in [4.78, 5) is 2.77. The number of hydrogen-bond donors (Lipinski definition) is 1. The van der Waals surface area contributed by atoms with Crippen LogP contribution in [0, 0.1) is 11.8 Å². The van der Waals surface area contributed by atoms with Crippen molar-refractivity contribution in [3.8, 4) is 0 Å². The molecule has 0 amide bonds. The highest BCUT2D eigenvalue weighted by molar-refractivity contribution is 4.84. The van der Waals surface area contributed by atoms with Gasteiger partial charge < -0.3 is 10.2 Å². The molecule has 0 bridgehead atoms. The second-order valence-electron chi connectivity index (χ2n) is 7.47. The Morgan fingerprint density at radius 2 is 1.81 bits per heavy atom. The number of likely N-dealkylation sites (tertiary alicyclic amines) is 1. The highest BCUT2D eigenvalue weighted by Crippen LogP contribution is 2.29. The van der Waals surface area contributed by atoms with Gasteiger partial charge in [-0.05, 0) is 83.0 Å². The van der Waals surface area contributed by atoms with Crippen LogP contribution < -0.4 is 5.32 Å². The lowest BCUT2D eigenvalue weighted by Crippen LogP contribution is -2.35. The average Bonchev–Trinajstić information content (AvgIpc) is 2.82. The fraction of sp³-hybridized carbons (Fsp3) is 1.00. The topological polar surface area (TPSA) is 15.3 Å². The van der Waals surface area contributed by atoms with Crippen molar-refractivity contribution in [3.05, 3.63) is 0 Å². The average molecular weight is 295 g/mol. The number of nitrogens with zero attached hydrogens (tertiary/aromatic N) is 1. The molecule has 0 aromatic rings. The molecule has 2 rings (SSSR count). The smallest absolute Gasteiger partial charge is 0.00958 e. The van der Waals surface area contributed by atoms with E-state index in [-0.39, 0.29) is 0 Å². The second kappa shape index (κ2) is 9.84. The van der Waals surface area contributed by atoms with Gasteiger partial charge in [0.05, 0.1) is 0 Å². The molecule has 1 heterocycles. The molecular weight excluding hydrogens is 256 g/mol. The Morgan fingerprint density at radius 3 is 2.62 bits per heavy atom. The molecule has 3 atom stereocenters. The van der Waals surface area contributed by atoms with Crippen LogP contribution in [0.15, 0.2) is 0 Å². The van der Waals surface area contributed by atoms with Crippen molar-refractivity contribution < 1.29 is 0 Å². The van der Waals surface area contributed by atoms with Crippen LogP contribution in [0.25, 0.3) is 0 Å². The van der Waals surface area contributed by atoms with Gasteiger partial charge in [-0.1, -0.05) is 33.1 Å². The molecule has 0 aromatic heterocycles. The number of rotatable bonds is 8. The molecule has 2 aliphatic rings. The van der Waals surface area contributed by atoms with Gasteiger partial charge in [0, 0.05) is 6.04 Å². The zero-order valence-corrected chi connectivity index (χ0v) is 14.6. The predicted octanol–water partition coefficient (Wildman–Crippen LogP) is 4.45. The van der Waals surface area contributed by atoms with E-state index in [2.05, 4.69) is 24.1 Å². The zero-order valence-electron chi connectivity index (χ0n) is 14.6. The summed E-state index contributed by atoms with van der Waals surface area (Å²) < 4.78 is 0. The SMILES string of the molecule is CCCNC1CCCC1CCN1CCCC(CCC)CC1. The molecule has 1 saturated heterocycles. The van der Waals surface area contributed by atoms with Crippen LogP contribution in [0.4, 0.5) is 0 Å². The maximum absolute atomic E-state index is 3.79. The number of hydrogen-bond acceptors (Lipinski definition) is 2. The van der Waals surface area contributed by atoms with Crippen molar-refractivity contribution in [1.82, 2.24) is 10.2 Å². The van der Waals surface area contributed by atoms with Crippen LogP contribution in [0.2, 0.25) is 0 Å². The minimum atomic E-state index is 0.824. The van der Waals surface area contributed by atoms with Crippen molar-refractivity contribution >= 4 is 0 Å². The molecule has 2 nitrogen and oxygen atoms in total. The van der Waals surface area contributed by atoms with Gasteiger partial charge >= 0.3 is 0 Å². The molecular formula is C19H38N2. The van der Waals surface area contributed by atoms with Gasteiger partial charge in [0.15, 0.2) is 0 Å². The Kier molecular flexibility index (Phi) is 8.10. The highest BCUT2D eigenvalue weighted by Gasteiger charge is 2.27. The van der Waals surface area contributed by atoms with Crippen LogP contribution in [0.1, 0.15) is 78.1 Å². The van der Waals surface area contributed by atoms with E-state index >= 15 is 0 Å². The fourth-order valence-corrected chi connectivity index (χ4v) is 4.47. The first-order chi connectivity index (χ1) is 10.3. The van der Waals surface area contributed by atoms with Crippen molar-refractivity contribution in [3.63, 3.8) is 0 Å². The van der Waals surface area contributed by atoms with E-state index in [1.54, 1.807) is 0 Å². The van der Waals surface area contributed by atoms with Gasteiger partial charge in [-0.3, -0.25) is 0 Å². The summed E-state index contributed by atoms with van der Waals surface area (Å²) in [6.07, 6.45) is 14.2. The van der Waals surface area contributed by atoms with Crippen molar-refractivity contribution in [1.29, 1.82) is 0 Å². The van der Waals surface area contributed by atoms with Crippen LogP contribution in [-0.4, -0.2) is 37.1 Å². The molecule has 0 radical (unpaired) electrons. The van der Waals surface area contributed by atoms with E-state index in [0.29, 0.717) is 0 Å². The quantitative estimate of drug-likeness (QED) is 0.711. The van der Waals surface area contributed by atoms with Gasteiger partial charge in [-0.25, -0.2) is 0 Å². The Balaban J connectivity index is 1.67. The van der Waals surface area contributed by atoms with E-state index in [1.807, 2.05) is 0 Å². The molecule has 1 aliphatic heterocycles. The standard InChI is InChI=1S/C19H38N2/c1-3-7-17-8-6-14-21(15-11-17)16-12-18-9-5-10-19(18)20-13-4-2/h17-20H,3-16H2,1-2H3. The number of nitrogens with one attached hydrogen (secondary N) is 1. The van der Waals surface area contributed by atoms with E-state index in [0.717, 1.165) is 17.9 Å². The van der Waals surface area contributed by atoms with Gasteiger partial charge in [-0.15, -0.1) is 0 Å². The predicted molar refractivity (Wildman–Crippen MR) is 92.7 cm³/mol. The lowest BCUT2D eigenvalue weighted by molar-refractivity contribution is 0.244. The third-order valence-corrected chi connectivity index (χ3v) is 5.77. The normalized spacial score (nSPS) is 31.4. The van der Waals surface area contributed by atoms with Gasteiger partial charge in [0.1, 0.15) is 0 Å². The van der Waals surface area contributed by atoms with Crippen molar-refractivity contribution in [2.75, 3.05) is 26.2 Å². The molecule has 0 spiro atoms. The summed E-state index contributed by atoms with van der Waals surface area (Å²) in [5.41, 5.74) is 0. The summed E-state index contributed by atoms with van der Waals surface area (Å²) in [7, 11) is 0. The monoisotopic (exact) mass is 294 g/mol. The molecule has 1 saturated carbocycles. The van der Waals surface area contributed by atoms with E-state index in [1.165, 1.54) is 90.4 Å². The summed E-state index contributed by atoms with van der Waals surface area (Å²) in [5, 5.41) is 3.79. The molecule has 1 N–H and O–H groups in total. The first kappa shape index (κ1) is 17.3. The van der Waals surface area contributed by atoms with Gasteiger partial charge in [0.2, 0.25) is 0 Å². The molecule has 1 aliphatic carbocycles. The Bertz CT molecular complexity index is 266. The summed E-state index contributed by atoms with van der Waals surface area (Å²) in [5.74, 6) is 1.97. The summed E-state index contributed by atoms with van der Waals surface area (Å²) in [6, 6.07) is 0.824. The summed E-state index contributed by atoms with van der Waals surface area (Å²) >= 11 is 0. The molecule has 21 heavy (non-hydrogen) atoms. The maximum atomic E-state index is 3.79. The zero-order chi connectivity index (χ0) is 14.9. The van der Waals surface area contributed by atoms with E-state index in [4.69, 9.17) is 0 Å². The highest BCUT2D eigenvalue weighted by atomic mass is 15.1. The third kappa shape index (κ3) is 5.90. The third-order valence-electron chi connectivity index (χ3n) is 5.77. The minimum absolute atomic E-state index is 0.824. The van der Waals surface area contributed by atoms with Crippen LogP contribution in [0.3, 0.4) is 0 Å². The maximum Gasteiger partial charge on any atom is 0.00958 e.